The number of hydrogen-bond acceptors (Lipinski definition) is 3. The zero-order valence-corrected chi connectivity index (χ0v) is 9.69. The third kappa shape index (κ3) is 2.87. The maximum atomic E-state index is 10.9. The van der Waals surface area contributed by atoms with Gasteiger partial charge in [-0.1, -0.05) is 0 Å². The molecule has 2 aromatic rings. The molecule has 0 fully saturated rings. The summed E-state index contributed by atoms with van der Waals surface area (Å²) in [6, 6.07) is 8.58. The SMILES string of the molecule is CC(=O)Nc1cc(-c2c[c]c(C)nc2)ccn1. The summed E-state index contributed by atoms with van der Waals surface area (Å²) < 4.78 is 0. The molecule has 2 rings (SSSR count). The van der Waals surface area contributed by atoms with Crippen LogP contribution in [-0.4, -0.2) is 15.9 Å². The van der Waals surface area contributed by atoms with Crippen LogP contribution in [0.2, 0.25) is 0 Å². The summed E-state index contributed by atoms with van der Waals surface area (Å²) in [5.41, 5.74) is 2.75. The molecular formula is C13H12N3O. The summed E-state index contributed by atoms with van der Waals surface area (Å²) in [7, 11) is 0. The number of hydrogen-bond donors (Lipinski definition) is 1. The number of anilines is 1. The third-order valence-electron chi connectivity index (χ3n) is 2.23. The van der Waals surface area contributed by atoms with Crippen molar-refractivity contribution in [2.24, 2.45) is 0 Å². The third-order valence-corrected chi connectivity index (χ3v) is 2.23. The quantitative estimate of drug-likeness (QED) is 0.854. The Balaban J connectivity index is 2.32. The summed E-state index contributed by atoms with van der Waals surface area (Å²) in [6.45, 7) is 3.34. The standard InChI is InChI=1S/C13H12N3O/c1-9-3-4-12(8-15-9)11-5-6-14-13(7-11)16-10(2)17/h4-8H,1-2H3,(H,14,16,17). The number of amides is 1. The zero-order valence-electron chi connectivity index (χ0n) is 9.69. The summed E-state index contributed by atoms with van der Waals surface area (Å²) in [6.07, 6.45) is 3.43. The van der Waals surface area contributed by atoms with Gasteiger partial charge in [0, 0.05) is 36.6 Å². The first-order valence-electron chi connectivity index (χ1n) is 5.23. The second-order valence-corrected chi connectivity index (χ2v) is 3.70. The lowest BCUT2D eigenvalue weighted by atomic mass is 10.1. The number of rotatable bonds is 2. The normalized spacial score (nSPS) is 10.0. The lowest BCUT2D eigenvalue weighted by molar-refractivity contribution is -0.114. The Bertz CT molecular complexity index is 535. The molecule has 0 spiro atoms. The Morgan fingerprint density at radius 2 is 2.18 bits per heavy atom. The van der Waals surface area contributed by atoms with Crippen LogP contribution >= 0.6 is 0 Å². The van der Waals surface area contributed by atoms with E-state index in [2.05, 4.69) is 21.4 Å². The molecule has 1 N–H and O–H groups in total. The van der Waals surface area contributed by atoms with Crippen molar-refractivity contribution in [3.05, 3.63) is 42.4 Å². The second-order valence-electron chi connectivity index (χ2n) is 3.70. The number of carbonyl (C=O) groups is 1. The van der Waals surface area contributed by atoms with E-state index in [4.69, 9.17) is 0 Å². The van der Waals surface area contributed by atoms with Gasteiger partial charge >= 0.3 is 0 Å². The van der Waals surface area contributed by atoms with E-state index in [1.165, 1.54) is 6.92 Å². The predicted octanol–water partition coefficient (Wildman–Crippen LogP) is 2.21. The summed E-state index contributed by atoms with van der Waals surface area (Å²) in [5.74, 6) is 0.402. The van der Waals surface area contributed by atoms with Crippen LogP contribution in [0.1, 0.15) is 12.6 Å². The van der Waals surface area contributed by atoms with Crippen LogP contribution in [0.5, 0.6) is 0 Å². The van der Waals surface area contributed by atoms with E-state index in [-0.39, 0.29) is 5.91 Å². The summed E-state index contributed by atoms with van der Waals surface area (Å²) in [5, 5.41) is 2.65. The van der Waals surface area contributed by atoms with E-state index in [0.29, 0.717) is 5.82 Å². The van der Waals surface area contributed by atoms with Gasteiger partial charge in [-0.3, -0.25) is 9.78 Å². The number of pyridine rings is 2. The van der Waals surface area contributed by atoms with Gasteiger partial charge in [-0.25, -0.2) is 4.98 Å². The first kappa shape index (κ1) is 11.3. The maximum Gasteiger partial charge on any atom is 0.222 e. The monoisotopic (exact) mass is 226 g/mol. The lowest BCUT2D eigenvalue weighted by Crippen LogP contribution is -2.07. The number of aromatic nitrogens is 2. The van der Waals surface area contributed by atoms with Gasteiger partial charge in [0.2, 0.25) is 5.91 Å². The minimum Gasteiger partial charge on any atom is -0.311 e. The zero-order chi connectivity index (χ0) is 12.3. The molecular weight excluding hydrogens is 214 g/mol. The van der Waals surface area contributed by atoms with Crippen LogP contribution in [0.4, 0.5) is 5.82 Å². The molecule has 0 bridgehead atoms. The van der Waals surface area contributed by atoms with Crippen molar-refractivity contribution in [3.8, 4) is 11.1 Å². The van der Waals surface area contributed by atoms with E-state index in [1.54, 1.807) is 12.4 Å². The largest absolute Gasteiger partial charge is 0.311 e. The van der Waals surface area contributed by atoms with Gasteiger partial charge in [0.05, 0.1) is 0 Å². The minimum atomic E-state index is -0.136. The van der Waals surface area contributed by atoms with Crippen molar-refractivity contribution in [3.63, 3.8) is 0 Å². The Kier molecular flexibility index (Phi) is 3.14. The van der Waals surface area contributed by atoms with E-state index < -0.39 is 0 Å². The molecule has 0 aromatic carbocycles. The van der Waals surface area contributed by atoms with Crippen molar-refractivity contribution in [1.82, 2.24) is 9.97 Å². The Hall–Kier alpha value is -2.23. The second kappa shape index (κ2) is 4.74. The van der Waals surface area contributed by atoms with Crippen molar-refractivity contribution in [1.29, 1.82) is 0 Å². The smallest absolute Gasteiger partial charge is 0.222 e. The van der Waals surface area contributed by atoms with Crippen LogP contribution in [0.25, 0.3) is 11.1 Å². The molecule has 1 radical (unpaired) electrons. The molecule has 0 aliphatic rings. The van der Waals surface area contributed by atoms with Crippen LogP contribution in [0.3, 0.4) is 0 Å². The minimum absolute atomic E-state index is 0.136. The molecule has 85 valence electrons. The van der Waals surface area contributed by atoms with Gasteiger partial charge in [-0.05, 0) is 30.7 Å². The highest BCUT2D eigenvalue weighted by Crippen LogP contribution is 2.20. The van der Waals surface area contributed by atoms with Crippen LogP contribution in [0.15, 0.2) is 30.6 Å². The fourth-order valence-electron chi connectivity index (χ4n) is 1.44. The first-order valence-corrected chi connectivity index (χ1v) is 5.23. The first-order chi connectivity index (χ1) is 8.15. The maximum absolute atomic E-state index is 10.9. The van der Waals surface area contributed by atoms with Gasteiger partial charge in [0.25, 0.3) is 0 Å². The highest BCUT2D eigenvalue weighted by molar-refractivity contribution is 5.88. The summed E-state index contributed by atoms with van der Waals surface area (Å²) >= 11 is 0. The van der Waals surface area contributed by atoms with Gasteiger partial charge in [0.1, 0.15) is 5.82 Å². The Labute approximate surface area is 99.7 Å². The van der Waals surface area contributed by atoms with Crippen molar-refractivity contribution in [2.45, 2.75) is 13.8 Å². The molecule has 0 saturated carbocycles. The van der Waals surface area contributed by atoms with Gasteiger partial charge in [-0.2, -0.15) is 0 Å². The number of aryl methyl sites for hydroxylation is 1. The van der Waals surface area contributed by atoms with Crippen molar-refractivity contribution in [2.75, 3.05) is 5.32 Å². The van der Waals surface area contributed by atoms with Crippen molar-refractivity contribution < 1.29 is 4.79 Å². The lowest BCUT2D eigenvalue weighted by Gasteiger charge is -2.04. The Morgan fingerprint density at radius 3 is 2.82 bits per heavy atom. The molecule has 1 amide bonds. The fourth-order valence-corrected chi connectivity index (χ4v) is 1.44. The van der Waals surface area contributed by atoms with Gasteiger partial charge in [0.15, 0.2) is 0 Å². The predicted molar refractivity (Wildman–Crippen MR) is 65.3 cm³/mol. The number of nitrogens with zero attached hydrogens (tertiary/aromatic N) is 2. The average molecular weight is 226 g/mol. The molecule has 2 aromatic heterocycles. The molecule has 17 heavy (non-hydrogen) atoms. The molecule has 4 heteroatoms. The van der Waals surface area contributed by atoms with Gasteiger partial charge in [-0.15, -0.1) is 0 Å². The highest BCUT2D eigenvalue weighted by Gasteiger charge is 2.02. The van der Waals surface area contributed by atoms with E-state index >= 15 is 0 Å². The molecule has 0 aliphatic heterocycles. The Morgan fingerprint density at radius 1 is 1.35 bits per heavy atom. The van der Waals surface area contributed by atoms with Crippen molar-refractivity contribution >= 4 is 11.7 Å². The molecule has 4 nitrogen and oxygen atoms in total. The average Bonchev–Trinajstić information content (AvgIpc) is 2.29. The van der Waals surface area contributed by atoms with Crippen LogP contribution < -0.4 is 5.32 Å². The molecule has 0 unspecified atom stereocenters. The van der Waals surface area contributed by atoms with E-state index in [0.717, 1.165) is 16.8 Å². The molecule has 0 saturated heterocycles. The molecule has 0 atom stereocenters. The summed E-state index contributed by atoms with van der Waals surface area (Å²) in [4.78, 5) is 19.2. The molecule has 2 heterocycles. The topological polar surface area (TPSA) is 54.9 Å². The highest BCUT2D eigenvalue weighted by atomic mass is 16.1. The van der Waals surface area contributed by atoms with Gasteiger partial charge < -0.3 is 5.32 Å². The number of carbonyl (C=O) groups excluding carboxylic acids is 1. The van der Waals surface area contributed by atoms with Crippen LogP contribution in [0, 0.1) is 13.0 Å². The van der Waals surface area contributed by atoms with Crippen LogP contribution in [-0.2, 0) is 4.79 Å². The molecule has 0 aliphatic carbocycles. The number of nitrogens with one attached hydrogen (secondary N) is 1. The fraction of sp³-hybridized carbons (Fsp3) is 0.154. The van der Waals surface area contributed by atoms with E-state index in [9.17, 15) is 4.79 Å². The van der Waals surface area contributed by atoms with E-state index in [1.807, 2.05) is 25.1 Å².